The summed E-state index contributed by atoms with van der Waals surface area (Å²) in [6, 6.07) is 5.25. The van der Waals surface area contributed by atoms with Crippen LogP contribution in [-0.2, 0) is 0 Å². The quantitative estimate of drug-likeness (QED) is 0.748. The highest BCUT2D eigenvalue weighted by Crippen LogP contribution is 2.17. The van der Waals surface area contributed by atoms with Gasteiger partial charge in [0.2, 0.25) is 0 Å². The molecule has 0 unspecified atom stereocenters. The molecule has 15 heavy (non-hydrogen) atoms. The lowest BCUT2D eigenvalue weighted by Crippen LogP contribution is -1.89. The van der Waals surface area contributed by atoms with Crippen LogP contribution in [-0.4, -0.2) is 25.1 Å². The van der Waals surface area contributed by atoms with Crippen molar-refractivity contribution in [1.29, 1.82) is 0 Å². The molecule has 0 aliphatic heterocycles. The second-order valence-corrected chi connectivity index (χ2v) is 3.03. The van der Waals surface area contributed by atoms with Crippen molar-refractivity contribution >= 4 is 12.4 Å². The third-order valence-corrected chi connectivity index (χ3v) is 2.01. The third kappa shape index (κ3) is 3.22. The fourth-order valence-electron chi connectivity index (χ4n) is 1.22. The number of hydrogen-bond acceptors (Lipinski definition) is 3. The second-order valence-electron chi connectivity index (χ2n) is 3.03. The Morgan fingerprint density at radius 3 is 2.80 bits per heavy atom. The molecule has 0 fully saturated rings. The number of aliphatic hydroxyl groups is 1. The Kier molecular flexibility index (Phi) is 4.57. The summed E-state index contributed by atoms with van der Waals surface area (Å²) in [5, 5.41) is 8.63. The molecule has 1 aromatic rings. The molecular formula is C12H14O3. The van der Waals surface area contributed by atoms with Gasteiger partial charge in [0.05, 0.1) is 7.11 Å². The van der Waals surface area contributed by atoms with Crippen LogP contribution in [0.2, 0.25) is 0 Å². The summed E-state index contributed by atoms with van der Waals surface area (Å²) in [5.74, 6) is 0.712. The van der Waals surface area contributed by atoms with Crippen LogP contribution in [0, 0.1) is 0 Å². The number of aldehydes is 1. The van der Waals surface area contributed by atoms with Crippen LogP contribution in [0.25, 0.3) is 6.08 Å². The maximum Gasteiger partial charge on any atom is 0.150 e. The van der Waals surface area contributed by atoms with Gasteiger partial charge in [-0.25, -0.2) is 0 Å². The van der Waals surface area contributed by atoms with Gasteiger partial charge in [-0.2, -0.15) is 0 Å². The molecule has 3 nitrogen and oxygen atoms in total. The minimum absolute atomic E-state index is 0.108. The first-order valence-corrected chi connectivity index (χ1v) is 4.72. The van der Waals surface area contributed by atoms with Crippen molar-refractivity contribution in [3.63, 3.8) is 0 Å². The predicted molar refractivity (Wildman–Crippen MR) is 59.1 cm³/mol. The van der Waals surface area contributed by atoms with Gasteiger partial charge in [0, 0.05) is 12.2 Å². The number of carbonyl (C=O) groups is 1. The average molecular weight is 206 g/mol. The van der Waals surface area contributed by atoms with Crippen LogP contribution < -0.4 is 4.74 Å². The zero-order valence-corrected chi connectivity index (χ0v) is 8.64. The van der Waals surface area contributed by atoms with Crippen molar-refractivity contribution in [3.8, 4) is 5.75 Å². The Hall–Kier alpha value is -1.61. The lowest BCUT2D eigenvalue weighted by molar-refractivity contribution is 0.112. The first-order valence-electron chi connectivity index (χ1n) is 4.72. The predicted octanol–water partition coefficient (Wildman–Crippen LogP) is 1.90. The second kappa shape index (κ2) is 5.98. The van der Waals surface area contributed by atoms with Crippen LogP contribution in [0.5, 0.6) is 5.75 Å². The molecule has 0 heterocycles. The van der Waals surface area contributed by atoms with E-state index in [2.05, 4.69) is 0 Å². The van der Waals surface area contributed by atoms with E-state index in [-0.39, 0.29) is 6.61 Å². The molecule has 1 rings (SSSR count). The van der Waals surface area contributed by atoms with Crippen LogP contribution in [0.3, 0.4) is 0 Å². The normalized spacial score (nSPS) is 10.5. The number of benzene rings is 1. The van der Waals surface area contributed by atoms with Gasteiger partial charge in [-0.05, 0) is 30.2 Å². The van der Waals surface area contributed by atoms with E-state index in [1.807, 2.05) is 12.2 Å². The standard InChI is InChI=1S/C12H14O3/c1-15-12-6-5-11(9-14)10(8-12)4-2-3-7-13/h2,4-6,8-9,13H,3,7H2,1H3. The molecule has 0 spiro atoms. The van der Waals surface area contributed by atoms with E-state index in [9.17, 15) is 4.79 Å². The van der Waals surface area contributed by atoms with Crippen molar-refractivity contribution in [3.05, 3.63) is 35.4 Å². The highest BCUT2D eigenvalue weighted by atomic mass is 16.5. The van der Waals surface area contributed by atoms with Crippen molar-refractivity contribution < 1.29 is 14.6 Å². The van der Waals surface area contributed by atoms with Crippen LogP contribution in [0.4, 0.5) is 0 Å². The Balaban J connectivity index is 2.95. The summed E-state index contributed by atoms with van der Waals surface area (Å²) in [4.78, 5) is 10.7. The minimum atomic E-state index is 0.108. The lowest BCUT2D eigenvalue weighted by Gasteiger charge is -2.03. The SMILES string of the molecule is COc1ccc(C=O)c(C=CCCO)c1. The number of methoxy groups -OCH3 is 1. The fraction of sp³-hybridized carbons (Fsp3) is 0.250. The van der Waals surface area contributed by atoms with E-state index < -0.39 is 0 Å². The zero-order chi connectivity index (χ0) is 11.1. The highest BCUT2D eigenvalue weighted by molar-refractivity contribution is 5.82. The summed E-state index contributed by atoms with van der Waals surface area (Å²) in [7, 11) is 1.58. The molecule has 0 saturated heterocycles. The summed E-state index contributed by atoms with van der Waals surface area (Å²) in [6.07, 6.45) is 5.01. The van der Waals surface area contributed by atoms with Gasteiger partial charge >= 0.3 is 0 Å². The number of rotatable bonds is 5. The van der Waals surface area contributed by atoms with Crippen LogP contribution in [0.1, 0.15) is 22.3 Å². The largest absolute Gasteiger partial charge is 0.497 e. The van der Waals surface area contributed by atoms with E-state index in [1.165, 1.54) is 0 Å². The number of ether oxygens (including phenoxy) is 1. The number of aliphatic hydroxyl groups excluding tert-OH is 1. The van der Waals surface area contributed by atoms with E-state index in [1.54, 1.807) is 25.3 Å². The van der Waals surface area contributed by atoms with E-state index in [4.69, 9.17) is 9.84 Å². The Morgan fingerprint density at radius 2 is 2.20 bits per heavy atom. The Bertz CT molecular complexity index is 356. The molecule has 80 valence electrons. The summed E-state index contributed by atoms with van der Waals surface area (Å²) < 4.78 is 5.06. The van der Waals surface area contributed by atoms with Crippen LogP contribution >= 0.6 is 0 Å². The highest BCUT2D eigenvalue weighted by Gasteiger charge is 1.99. The van der Waals surface area contributed by atoms with Gasteiger partial charge in [0.25, 0.3) is 0 Å². The Morgan fingerprint density at radius 1 is 1.40 bits per heavy atom. The van der Waals surface area contributed by atoms with Crippen molar-refractivity contribution in [2.24, 2.45) is 0 Å². The van der Waals surface area contributed by atoms with E-state index in [0.29, 0.717) is 17.7 Å². The topological polar surface area (TPSA) is 46.5 Å². The first-order chi connectivity index (χ1) is 7.31. The zero-order valence-electron chi connectivity index (χ0n) is 8.64. The molecule has 1 aromatic carbocycles. The van der Waals surface area contributed by atoms with Gasteiger partial charge < -0.3 is 9.84 Å². The van der Waals surface area contributed by atoms with Crippen molar-refractivity contribution in [1.82, 2.24) is 0 Å². The van der Waals surface area contributed by atoms with Gasteiger partial charge in [-0.1, -0.05) is 12.2 Å². The van der Waals surface area contributed by atoms with Crippen molar-refractivity contribution in [2.45, 2.75) is 6.42 Å². The van der Waals surface area contributed by atoms with Gasteiger partial charge in [0.15, 0.2) is 6.29 Å². The average Bonchev–Trinajstić information content (AvgIpc) is 2.29. The van der Waals surface area contributed by atoms with Crippen molar-refractivity contribution in [2.75, 3.05) is 13.7 Å². The monoisotopic (exact) mass is 206 g/mol. The molecule has 0 saturated carbocycles. The minimum Gasteiger partial charge on any atom is -0.497 e. The molecular weight excluding hydrogens is 192 g/mol. The Labute approximate surface area is 89.0 Å². The molecule has 0 aromatic heterocycles. The van der Waals surface area contributed by atoms with Gasteiger partial charge in [-0.3, -0.25) is 4.79 Å². The number of carbonyl (C=O) groups excluding carboxylic acids is 1. The smallest absolute Gasteiger partial charge is 0.150 e. The molecule has 1 N–H and O–H groups in total. The molecule has 0 amide bonds. The van der Waals surface area contributed by atoms with Gasteiger partial charge in [-0.15, -0.1) is 0 Å². The molecule has 0 aliphatic carbocycles. The third-order valence-electron chi connectivity index (χ3n) is 2.01. The number of hydrogen-bond donors (Lipinski definition) is 1. The molecule has 0 atom stereocenters. The molecule has 0 radical (unpaired) electrons. The van der Waals surface area contributed by atoms with E-state index >= 15 is 0 Å². The summed E-state index contributed by atoms with van der Waals surface area (Å²) in [6.45, 7) is 0.108. The maximum atomic E-state index is 10.7. The maximum absolute atomic E-state index is 10.7. The molecule has 0 bridgehead atoms. The van der Waals surface area contributed by atoms with Gasteiger partial charge in [0.1, 0.15) is 5.75 Å². The summed E-state index contributed by atoms with van der Waals surface area (Å²) in [5.41, 5.74) is 1.42. The molecule has 0 aliphatic rings. The first kappa shape index (κ1) is 11.5. The summed E-state index contributed by atoms with van der Waals surface area (Å²) >= 11 is 0. The molecule has 3 heteroatoms. The lowest BCUT2D eigenvalue weighted by atomic mass is 10.1. The van der Waals surface area contributed by atoms with E-state index in [0.717, 1.165) is 11.8 Å². The fourth-order valence-corrected chi connectivity index (χ4v) is 1.22. The van der Waals surface area contributed by atoms with Crippen LogP contribution in [0.15, 0.2) is 24.3 Å².